The van der Waals surface area contributed by atoms with E-state index in [1.807, 2.05) is 24.3 Å². The molecule has 1 aromatic carbocycles. The standard InChI is InChI=1S/C14H18FNO/c1-11(17)12-4-3-5-13(10-12)16-8-6-14(2,15)7-9-16/h3-5,10H,6-9H2,1-2H3. The Morgan fingerprint density at radius 2 is 2.00 bits per heavy atom. The van der Waals surface area contributed by atoms with Crippen LogP contribution in [0.25, 0.3) is 0 Å². The van der Waals surface area contributed by atoms with Gasteiger partial charge in [0, 0.05) is 24.3 Å². The number of nitrogens with zero attached hydrogens (tertiary/aromatic N) is 1. The zero-order valence-corrected chi connectivity index (χ0v) is 10.4. The highest BCUT2D eigenvalue weighted by atomic mass is 19.1. The van der Waals surface area contributed by atoms with Gasteiger partial charge in [0.25, 0.3) is 0 Å². The lowest BCUT2D eigenvalue weighted by Crippen LogP contribution is -2.40. The highest BCUT2D eigenvalue weighted by Gasteiger charge is 2.29. The summed E-state index contributed by atoms with van der Waals surface area (Å²) in [5.41, 5.74) is 0.707. The minimum atomic E-state index is -1.03. The summed E-state index contributed by atoms with van der Waals surface area (Å²) in [6, 6.07) is 7.57. The van der Waals surface area contributed by atoms with Crippen molar-refractivity contribution in [1.29, 1.82) is 0 Å². The lowest BCUT2D eigenvalue weighted by atomic mass is 9.95. The number of benzene rings is 1. The molecule has 0 amide bonds. The molecule has 1 aliphatic rings. The molecular formula is C14H18FNO. The van der Waals surface area contributed by atoms with E-state index in [9.17, 15) is 9.18 Å². The summed E-state index contributed by atoms with van der Waals surface area (Å²) in [5, 5.41) is 0. The fraction of sp³-hybridized carbons (Fsp3) is 0.500. The predicted molar refractivity (Wildman–Crippen MR) is 67.4 cm³/mol. The Morgan fingerprint density at radius 3 is 2.59 bits per heavy atom. The minimum absolute atomic E-state index is 0.0687. The number of rotatable bonds is 2. The van der Waals surface area contributed by atoms with Gasteiger partial charge >= 0.3 is 0 Å². The van der Waals surface area contributed by atoms with Crippen LogP contribution in [-0.4, -0.2) is 24.5 Å². The van der Waals surface area contributed by atoms with Gasteiger partial charge in [-0.2, -0.15) is 0 Å². The number of hydrogen-bond acceptors (Lipinski definition) is 2. The number of anilines is 1. The van der Waals surface area contributed by atoms with Gasteiger partial charge < -0.3 is 4.90 Å². The van der Waals surface area contributed by atoms with E-state index < -0.39 is 5.67 Å². The average Bonchev–Trinajstić information content (AvgIpc) is 2.29. The lowest BCUT2D eigenvalue weighted by molar-refractivity contribution is 0.101. The second-order valence-corrected chi connectivity index (χ2v) is 5.01. The van der Waals surface area contributed by atoms with E-state index in [4.69, 9.17) is 0 Å². The van der Waals surface area contributed by atoms with Crippen molar-refractivity contribution >= 4 is 11.5 Å². The smallest absolute Gasteiger partial charge is 0.159 e. The quantitative estimate of drug-likeness (QED) is 0.734. The number of halogens is 1. The summed E-state index contributed by atoms with van der Waals surface area (Å²) in [6.45, 7) is 4.66. The van der Waals surface area contributed by atoms with Crippen molar-refractivity contribution in [3.05, 3.63) is 29.8 Å². The fourth-order valence-corrected chi connectivity index (χ4v) is 2.15. The molecule has 3 heteroatoms. The van der Waals surface area contributed by atoms with Gasteiger partial charge in [-0.25, -0.2) is 4.39 Å². The zero-order valence-electron chi connectivity index (χ0n) is 10.4. The molecule has 1 aliphatic heterocycles. The normalized spacial score (nSPS) is 19.1. The molecule has 0 unspecified atom stereocenters. The maximum absolute atomic E-state index is 13.7. The SMILES string of the molecule is CC(=O)c1cccc(N2CCC(C)(F)CC2)c1. The third-order valence-corrected chi connectivity index (χ3v) is 3.42. The van der Waals surface area contributed by atoms with Crippen LogP contribution < -0.4 is 4.90 Å². The van der Waals surface area contributed by atoms with Gasteiger partial charge in [0.15, 0.2) is 5.78 Å². The molecule has 0 bridgehead atoms. The van der Waals surface area contributed by atoms with Crippen LogP contribution in [0.2, 0.25) is 0 Å². The third kappa shape index (κ3) is 2.84. The molecule has 92 valence electrons. The van der Waals surface area contributed by atoms with Crippen molar-refractivity contribution in [3.8, 4) is 0 Å². The molecule has 1 fully saturated rings. The van der Waals surface area contributed by atoms with Crippen molar-refractivity contribution in [2.75, 3.05) is 18.0 Å². The highest BCUT2D eigenvalue weighted by Crippen LogP contribution is 2.29. The number of ketones is 1. The van der Waals surface area contributed by atoms with Crippen molar-refractivity contribution in [2.24, 2.45) is 0 Å². The molecule has 2 nitrogen and oxygen atoms in total. The van der Waals surface area contributed by atoms with Crippen LogP contribution in [0, 0.1) is 0 Å². The van der Waals surface area contributed by atoms with Crippen LogP contribution in [0.15, 0.2) is 24.3 Å². The molecule has 0 radical (unpaired) electrons. The topological polar surface area (TPSA) is 20.3 Å². The minimum Gasteiger partial charge on any atom is -0.371 e. The number of piperidine rings is 1. The Labute approximate surface area is 101 Å². The second-order valence-electron chi connectivity index (χ2n) is 5.01. The molecule has 0 N–H and O–H groups in total. The van der Waals surface area contributed by atoms with Crippen LogP contribution >= 0.6 is 0 Å². The molecule has 0 atom stereocenters. The number of Topliss-reactive ketones (excluding diaryl/α,β-unsaturated/α-hetero) is 1. The Bertz CT molecular complexity index is 418. The molecule has 0 aliphatic carbocycles. The van der Waals surface area contributed by atoms with Gasteiger partial charge in [-0.3, -0.25) is 4.79 Å². The van der Waals surface area contributed by atoms with Crippen LogP contribution in [0.4, 0.5) is 10.1 Å². The van der Waals surface area contributed by atoms with Crippen molar-refractivity contribution in [2.45, 2.75) is 32.4 Å². The number of carbonyl (C=O) groups is 1. The Hall–Kier alpha value is -1.38. The van der Waals surface area contributed by atoms with Gasteiger partial charge in [-0.1, -0.05) is 12.1 Å². The Morgan fingerprint density at radius 1 is 1.35 bits per heavy atom. The molecule has 0 saturated carbocycles. The van der Waals surface area contributed by atoms with Crippen LogP contribution in [-0.2, 0) is 0 Å². The summed E-state index contributed by atoms with van der Waals surface area (Å²) >= 11 is 0. The first kappa shape index (κ1) is 12.1. The summed E-state index contributed by atoms with van der Waals surface area (Å²) in [7, 11) is 0. The Balaban J connectivity index is 2.13. The van der Waals surface area contributed by atoms with E-state index in [0.29, 0.717) is 25.9 Å². The van der Waals surface area contributed by atoms with E-state index >= 15 is 0 Å². The summed E-state index contributed by atoms with van der Waals surface area (Å²) in [5.74, 6) is 0.0687. The lowest BCUT2D eigenvalue weighted by Gasteiger charge is -2.35. The third-order valence-electron chi connectivity index (χ3n) is 3.42. The van der Waals surface area contributed by atoms with E-state index in [0.717, 1.165) is 11.3 Å². The predicted octanol–water partition coefficient (Wildman–Crippen LogP) is 3.22. The van der Waals surface area contributed by atoms with Crippen LogP contribution in [0.5, 0.6) is 0 Å². The first-order valence-electron chi connectivity index (χ1n) is 6.03. The van der Waals surface area contributed by atoms with Gasteiger partial charge in [-0.15, -0.1) is 0 Å². The van der Waals surface area contributed by atoms with E-state index in [1.165, 1.54) is 0 Å². The van der Waals surface area contributed by atoms with Crippen molar-refractivity contribution in [3.63, 3.8) is 0 Å². The van der Waals surface area contributed by atoms with Crippen LogP contribution in [0.3, 0.4) is 0 Å². The highest BCUT2D eigenvalue weighted by molar-refractivity contribution is 5.94. The number of alkyl halides is 1. The molecule has 1 heterocycles. The molecule has 0 aromatic heterocycles. The number of hydrogen-bond donors (Lipinski definition) is 0. The van der Waals surface area contributed by atoms with Gasteiger partial charge in [-0.05, 0) is 38.8 Å². The maximum Gasteiger partial charge on any atom is 0.159 e. The van der Waals surface area contributed by atoms with E-state index in [2.05, 4.69) is 4.90 Å². The Kier molecular flexibility index (Phi) is 3.18. The molecule has 17 heavy (non-hydrogen) atoms. The van der Waals surface area contributed by atoms with Crippen molar-refractivity contribution in [1.82, 2.24) is 0 Å². The summed E-state index contributed by atoms with van der Waals surface area (Å²) in [6.07, 6.45) is 1.11. The first-order chi connectivity index (χ1) is 7.98. The molecule has 0 spiro atoms. The molecule has 1 saturated heterocycles. The zero-order chi connectivity index (χ0) is 12.5. The average molecular weight is 235 g/mol. The van der Waals surface area contributed by atoms with Crippen molar-refractivity contribution < 1.29 is 9.18 Å². The van der Waals surface area contributed by atoms with Gasteiger partial charge in [0.05, 0.1) is 0 Å². The van der Waals surface area contributed by atoms with E-state index in [1.54, 1.807) is 13.8 Å². The van der Waals surface area contributed by atoms with Gasteiger partial charge in [0.2, 0.25) is 0 Å². The molecule has 1 aromatic rings. The maximum atomic E-state index is 13.7. The summed E-state index contributed by atoms with van der Waals surface area (Å²) in [4.78, 5) is 13.5. The summed E-state index contributed by atoms with van der Waals surface area (Å²) < 4.78 is 13.7. The number of carbonyl (C=O) groups excluding carboxylic acids is 1. The van der Waals surface area contributed by atoms with E-state index in [-0.39, 0.29) is 5.78 Å². The van der Waals surface area contributed by atoms with Gasteiger partial charge in [0.1, 0.15) is 5.67 Å². The first-order valence-corrected chi connectivity index (χ1v) is 6.03. The second kappa shape index (κ2) is 4.47. The van der Waals surface area contributed by atoms with Crippen LogP contribution in [0.1, 0.15) is 37.0 Å². The largest absolute Gasteiger partial charge is 0.371 e. The fourth-order valence-electron chi connectivity index (χ4n) is 2.15. The monoisotopic (exact) mass is 235 g/mol. The molecule has 2 rings (SSSR count). The molecular weight excluding hydrogens is 217 g/mol.